The highest BCUT2D eigenvalue weighted by Gasteiger charge is 2.14. The highest BCUT2D eigenvalue weighted by molar-refractivity contribution is 5.98. The van der Waals surface area contributed by atoms with Gasteiger partial charge in [0.25, 0.3) is 5.91 Å². The predicted molar refractivity (Wildman–Crippen MR) is 89.9 cm³/mol. The largest absolute Gasteiger partial charge is 0.508 e. The average molecular weight is 315 g/mol. The van der Waals surface area contributed by atoms with E-state index < -0.39 is 5.91 Å². The molecule has 0 atom stereocenters. The van der Waals surface area contributed by atoms with Gasteiger partial charge in [-0.2, -0.15) is 4.98 Å². The Hall–Kier alpha value is -2.83. The van der Waals surface area contributed by atoms with Crippen LogP contribution in [0.1, 0.15) is 31.1 Å². The number of primary amides is 1. The number of aromatic nitrogens is 2. The van der Waals surface area contributed by atoms with Crippen molar-refractivity contribution in [1.29, 1.82) is 0 Å². The van der Waals surface area contributed by atoms with Crippen molar-refractivity contribution in [3.8, 4) is 5.75 Å². The molecule has 0 bridgehead atoms. The minimum Gasteiger partial charge on any atom is -0.508 e. The Labute approximate surface area is 135 Å². The fraction of sp³-hybridized carbons (Fsp3) is 0.312. The lowest BCUT2D eigenvalue weighted by atomic mass is 9.97. The summed E-state index contributed by atoms with van der Waals surface area (Å²) >= 11 is 0. The van der Waals surface area contributed by atoms with Crippen LogP contribution < -0.4 is 16.4 Å². The Kier molecular flexibility index (Phi) is 4.68. The second-order valence-corrected chi connectivity index (χ2v) is 6.41. The number of amides is 1. The van der Waals surface area contributed by atoms with E-state index in [1.165, 1.54) is 18.3 Å². The lowest BCUT2D eigenvalue weighted by Gasteiger charge is -2.19. The quantitative estimate of drug-likeness (QED) is 0.630. The standard InChI is InChI=1S/C16H21N5O2/c1-16(2,3)9-19-15-18-8-12(13(17)23)14(21-15)20-10-4-6-11(22)7-5-10/h4-8,22H,9H2,1-3H3,(H2,17,23)(H2,18,19,20,21). The summed E-state index contributed by atoms with van der Waals surface area (Å²) in [4.78, 5) is 20.0. The van der Waals surface area contributed by atoms with Gasteiger partial charge < -0.3 is 21.5 Å². The molecule has 0 aliphatic carbocycles. The maximum atomic E-state index is 11.5. The summed E-state index contributed by atoms with van der Waals surface area (Å²) in [5.74, 6) is 0.260. The van der Waals surface area contributed by atoms with Crippen molar-refractivity contribution in [1.82, 2.24) is 9.97 Å². The van der Waals surface area contributed by atoms with Gasteiger partial charge in [-0.3, -0.25) is 4.79 Å². The van der Waals surface area contributed by atoms with Crippen LogP contribution in [0.25, 0.3) is 0 Å². The van der Waals surface area contributed by atoms with Crippen LogP contribution in [0.5, 0.6) is 5.75 Å². The molecule has 2 rings (SSSR count). The molecule has 7 nitrogen and oxygen atoms in total. The van der Waals surface area contributed by atoms with Crippen LogP contribution in [0, 0.1) is 5.41 Å². The molecule has 23 heavy (non-hydrogen) atoms. The smallest absolute Gasteiger partial charge is 0.254 e. The van der Waals surface area contributed by atoms with Gasteiger partial charge in [0.2, 0.25) is 5.95 Å². The summed E-state index contributed by atoms with van der Waals surface area (Å²) in [5.41, 5.74) is 6.30. The van der Waals surface area contributed by atoms with E-state index in [-0.39, 0.29) is 16.7 Å². The van der Waals surface area contributed by atoms with E-state index in [0.717, 1.165) is 0 Å². The molecule has 7 heteroatoms. The highest BCUT2D eigenvalue weighted by atomic mass is 16.3. The molecule has 0 saturated heterocycles. The molecule has 0 fully saturated rings. The second-order valence-electron chi connectivity index (χ2n) is 6.41. The number of phenols is 1. The van der Waals surface area contributed by atoms with Crippen molar-refractivity contribution in [3.05, 3.63) is 36.0 Å². The lowest BCUT2D eigenvalue weighted by molar-refractivity contribution is 0.100. The molecule has 1 heterocycles. The number of benzene rings is 1. The van der Waals surface area contributed by atoms with Crippen molar-refractivity contribution in [2.45, 2.75) is 20.8 Å². The van der Waals surface area contributed by atoms with Crippen LogP contribution in [0.4, 0.5) is 17.5 Å². The average Bonchev–Trinajstić information content (AvgIpc) is 2.47. The third-order valence-corrected chi connectivity index (χ3v) is 2.96. The maximum absolute atomic E-state index is 11.5. The maximum Gasteiger partial charge on any atom is 0.254 e. The zero-order chi connectivity index (χ0) is 17.0. The van der Waals surface area contributed by atoms with Crippen LogP contribution in [-0.4, -0.2) is 27.5 Å². The first-order chi connectivity index (χ1) is 10.7. The lowest BCUT2D eigenvalue weighted by Crippen LogP contribution is -2.21. The van der Waals surface area contributed by atoms with Gasteiger partial charge in [-0.25, -0.2) is 4.98 Å². The Bertz CT molecular complexity index is 693. The first kappa shape index (κ1) is 16.5. The minimum absolute atomic E-state index is 0.0657. The van der Waals surface area contributed by atoms with Gasteiger partial charge in [-0.15, -0.1) is 0 Å². The van der Waals surface area contributed by atoms with E-state index in [1.807, 2.05) is 0 Å². The minimum atomic E-state index is -0.617. The van der Waals surface area contributed by atoms with Crippen LogP contribution in [0.3, 0.4) is 0 Å². The SMILES string of the molecule is CC(C)(C)CNc1ncc(C(N)=O)c(Nc2ccc(O)cc2)n1. The fourth-order valence-electron chi connectivity index (χ4n) is 1.77. The first-order valence-corrected chi connectivity index (χ1v) is 7.21. The molecule has 0 unspecified atom stereocenters. The number of carbonyl (C=O) groups is 1. The van der Waals surface area contributed by atoms with E-state index in [1.54, 1.807) is 12.1 Å². The number of anilines is 3. The predicted octanol–water partition coefficient (Wildman–Crippen LogP) is 2.48. The fourth-order valence-corrected chi connectivity index (χ4v) is 1.77. The number of rotatable bonds is 5. The third-order valence-electron chi connectivity index (χ3n) is 2.96. The second kappa shape index (κ2) is 6.51. The number of hydrogen-bond donors (Lipinski definition) is 4. The van der Waals surface area contributed by atoms with Gasteiger partial charge in [0.05, 0.1) is 0 Å². The van der Waals surface area contributed by atoms with Gasteiger partial charge in [0.1, 0.15) is 17.1 Å². The summed E-state index contributed by atoms with van der Waals surface area (Å²) in [7, 11) is 0. The van der Waals surface area contributed by atoms with Gasteiger partial charge in [0, 0.05) is 18.4 Å². The van der Waals surface area contributed by atoms with Crippen LogP contribution in [-0.2, 0) is 0 Å². The molecular weight excluding hydrogens is 294 g/mol. The molecule has 5 N–H and O–H groups in total. The van der Waals surface area contributed by atoms with Crippen molar-refractivity contribution < 1.29 is 9.90 Å². The van der Waals surface area contributed by atoms with E-state index in [9.17, 15) is 9.90 Å². The van der Waals surface area contributed by atoms with E-state index in [4.69, 9.17) is 5.73 Å². The molecule has 1 amide bonds. The van der Waals surface area contributed by atoms with Gasteiger partial charge in [-0.05, 0) is 29.7 Å². The van der Waals surface area contributed by atoms with Gasteiger partial charge in [0.15, 0.2) is 0 Å². The van der Waals surface area contributed by atoms with Gasteiger partial charge >= 0.3 is 0 Å². The van der Waals surface area contributed by atoms with Crippen LogP contribution in [0.2, 0.25) is 0 Å². The highest BCUT2D eigenvalue weighted by Crippen LogP contribution is 2.22. The monoisotopic (exact) mass is 315 g/mol. The molecule has 0 aliphatic rings. The first-order valence-electron chi connectivity index (χ1n) is 7.21. The number of phenolic OH excluding ortho intramolecular Hbond substituents is 1. The van der Waals surface area contributed by atoms with Crippen molar-refractivity contribution in [2.24, 2.45) is 11.1 Å². The number of nitrogens with zero attached hydrogens (tertiary/aromatic N) is 2. The van der Waals surface area contributed by atoms with Gasteiger partial charge in [-0.1, -0.05) is 20.8 Å². The molecule has 0 aliphatic heterocycles. The van der Waals surface area contributed by atoms with Crippen molar-refractivity contribution >= 4 is 23.4 Å². The molecule has 0 radical (unpaired) electrons. The van der Waals surface area contributed by atoms with Crippen LogP contribution >= 0.6 is 0 Å². The van der Waals surface area contributed by atoms with E-state index in [2.05, 4.69) is 41.4 Å². The summed E-state index contributed by atoms with van der Waals surface area (Å²) in [6.45, 7) is 6.95. The van der Waals surface area contributed by atoms with E-state index >= 15 is 0 Å². The zero-order valence-corrected chi connectivity index (χ0v) is 13.4. The number of nitrogens with one attached hydrogen (secondary N) is 2. The number of hydrogen-bond acceptors (Lipinski definition) is 6. The summed E-state index contributed by atoms with van der Waals surface area (Å²) in [5, 5.41) is 15.5. The van der Waals surface area contributed by atoms with Crippen molar-refractivity contribution in [3.63, 3.8) is 0 Å². The molecule has 1 aromatic carbocycles. The Morgan fingerprint density at radius 1 is 1.26 bits per heavy atom. The summed E-state index contributed by atoms with van der Waals surface area (Å²) in [6, 6.07) is 6.41. The molecule has 1 aromatic heterocycles. The Balaban J connectivity index is 2.26. The molecule has 0 saturated carbocycles. The third kappa shape index (κ3) is 4.84. The number of nitrogens with two attached hydrogens (primary N) is 1. The Morgan fingerprint density at radius 2 is 1.91 bits per heavy atom. The Morgan fingerprint density at radius 3 is 2.48 bits per heavy atom. The summed E-state index contributed by atoms with van der Waals surface area (Å²) in [6.07, 6.45) is 1.39. The molecular formula is C16H21N5O2. The number of aromatic hydroxyl groups is 1. The normalized spacial score (nSPS) is 11.1. The van der Waals surface area contributed by atoms with Crippen molar-refractivity contribution in [2.75, 3.05) is 17.2 Å². The summed E-state index contributed by atoms with van der Waals surface area (Å²) < 4.78 is 0. The van der Waals surface area contributed by atoms with Crippen LogP contribution in [0.15, 0.2) is 30.5 Å². The van der Waals surface area contributed by atoms with E-state index in [0.29, 0.717) is 24.0 Å². The zero-order valence-electron chi connectivity index (χ0n) is 13.4. The molecule has 0 spiro atoms. The topological polar surface area (TPSA) is 113 Å². The molecule has 122 valence electrons. The molecule has 2 aromatic rings. The number of carbonyl (C=O) groups excluding carboxylic acids is 1.